The first-order valence-corrected chi connectivity index (χ1v) is 7.65. The molecule has 0 bridgehead atoms. The number of nitrogens with zero attached hydrogens (tertiary/aromatic N) is 3. The van der Waals surface area contributed by atoms with Crippen molar-refractivity contribution in [3.63, 3.8) is 0 Å². The number of aromatic nitrogens is 2. The van der Waals surface area contributed by atoms with Gasteiger partial charge in [0.1, 0.15) is 0 Å². The molecule has 0 fully saturated rings. The lowest BCUT2D eigenvalue weighted by molar-refractivity contribution is -0.384. The highest BCUT2D eigenvalue weighted by Crippen LogP contribution is 2.24. The van der Waals surface area contributed by atoms with Crippen molar-refractivity contribution in [2.45, 2.75) is 33.2 Å². The number of hydrogen-bond acceptors (Lipinski definition) is 4. The molecule has 0 aliphatic heterocycles. The zero-order valence-electron chi connectivity index (χ0n) is 14.2. The molecular formula is C16H21N5O3. The summed E-state index contributed by atoms with van der Waals surface area (Å²) in [7, 11) is 1.87. The molecule has 2 rings (SSSR count). The molecule has 128 valence electrons. The Morgan fingerprint density at radius 1 is 1.33 bits per heavy atom. The normalized spacial score (nSPS) is 11.8. The summed E-state index contributed by atoms with van der Waals surface area (Å²) in [5, 5.41) is 20.6. The van der Waals surface area contributed by atoms with E-state index < -0.39 is 4.92 Å². The highest BCUT2D eigenvalue weighted by Gasteiger charge is 2.20. The van der Waals surface area contributed by atoms with Crippen LogP contribution in [0.25, 0.3) is 0 Å². The number of rotatable bonds is 5. The second-order valence-electron chi connectivity index (χ2n) is 5.57. The van der Waals surface area contributed by atoms with Crippen LogP contribution in [0.5, 0.6) is 0 Å². The molecule has 24 heavy (non-hydrogen) atoms. The minimum absolute atomic E-state index is 0.0194. The molecule has 0 aliphatic carbocycles. The molecule has 8 heteroatoms. The summed E-state index contributed by atoms with van der Waals surface area (Å²) in [5.74, 6) is 0. The van der Waals surface area contributed by atoms with Gasteiger partial charge in [-0.05, 0) is 32.4 Å². The van der Waals surface area contributed by atoms with Crippen LogP contribution in [-0.2, 0) is 7.05 Å². The summed E-state index contributed by atoms with van der Waals surface area (Å²) in [6.07, 6.45) is 0.723. The van der Waals surface area contributed by atoms with Crippen LogP contribution in [0.4, 0.5) is 16.2 Å². The molecule has 0 spiro atoms. The third-order valence-electron chi connectivity index (χ3n) is 3.96. The van der Waals surface area contributed by atoms with Crippen LogP contribution in [0.2, 0.25) is 0 Å². The van der Waals surface area contributed by atoms with Gasteiger partial charge < -0.3 is 10.6 Å². The first-order chi connectivity index (χ1) is 11.3. The van der Waals surface area contributed by atoms with Gasteiger partial charge in [0.15, 0.2) is 0 Å². The molecular weight excluding hydrogens is 310 g/mol. The largest absolute Gasteiger partial charge is 0.331 e. The van der Waals surface area contributed by atoms with E-state index in [1.807, 2.05) is 27.8 Å². The SMILES string of the molecule is CCC(NC(=O)Nc1ccc([N+](=O)[O-])cc1)c1c(C)nn(C)c1C. The van der Waals surface area contributed by atoms with Gasteiger partial charge in [-0.25, -0.2) is 4.79 Å². The molecule has 2 aromatic rings. The Morgan fingerprint density at radius 3 is 2.42 bits per heavy atom. The minimum atomic E-state index is -0.481. The van der Waals surface area contributed by atoms with Crippen LogP contribution in [0.3, 0.4) is 0 Å². The Morgan fingerprint density at radius 2 is 1.96 bits per heavy atom. The maximum absolute atomic E-state index is 12.2. The zero-order chi connectivity index (χ0) is 17.9. The van der Waals surface area contributed by atoms with Crippen molar-refractivity contribution >= 4 is 17.4 Å². The van der Waals surface area contributed by atoms with Crippen LogP contribution in [0, 0.1) is 24.0 Å². The maximum Gasteiger partial charge on any atom is 0.319 e. The van der Waals surface area contributed by atoms with E-state index in [0.29, 0.717) is 5.69 Å². The van der Waals surface area contributed by atoms with Crippen molar-refractivity contribution in [2.24, 2.45) is 7.05 Å². The third kappa shape index (κ3) is 3.70. The average molecular weight is 331 g/mol. The number of hydrogen-bond donors (Lipinski definition) is 2. The Bertz CT molecular complexity index is 752. The van der Waals surface area contributed by atoms with Gasteiger partial charge >= 0.3 is 6.03 Å². The van der Waals surface area contributed by atoms with Crippen LogP contribution in [0.15, 0.2) is 24.3 Å². The number of anilines is 1. The molecule has 1 aromatic carbocycles. The molecule has 2 N–H and O–H groups in total. The summed E-state index contributed by atoms with van der Waals surface area (Å²) in [4.78, 5) is 22.4. The van der Waals surface area contributed by atoms with Gasteiger partial charge in [0, 0.05) is 36.1 Å². The van der Waals surface area contributed by atoms with Gasteiger partial charge in [-0.2, -0.15) is 5.10 Å². The zero-order valence-corrected chi connectivity index (χ0v) is 14.2. The molecule has 8 nitrogen and oxygen atoms in total. The van der Waals surface area contributed by atoms with Gasteiger partial charge in [-0.1, -0.05) is 6.92 Å². The van der Waals surface area contributed by atoms with E-state index in [-0.39, 0.29) is 17.8 Å². The molecule has 0 saturated heterocycles. The number of nitrogens with one attached hydrogen (secondary N) is 2. The number of nitro benzene ring substituents is 1. The summed E-state index contributed by atoms with van der Waals surface area (Å²) in [6, 6.07) is 5.18. The number of amides is 2. The van der Waals surface area contributed by atoms with Crippen molar-refractivity contribution < 1.29 is 9.72 Å². The van der Waals surface area contributed by atoms with E-state index in [0.717, 1.165) is 23.4 Å². The Balaban J connectivity index is 2.08. The van der Waals surface area contributed by atoms with Crippen LogP contribution >= 0.6 is 0 Å². The monoisotopic (exact) mass is 331 g/mol. The molecule has 0 saturated carbocycles. The number of non-ortho nitro benzene ring substituents is 1. The van der Waals surface area contributed by atoms with E-state index >= 15 is 0 Å². The number of carbonyl (C=O) groups is 1. The predicted octanol–water partition coefficient (Wildman–Crippen LogP) is 3.22. The van der Waals surface area contributed by atoms with E-state index in [1.54, 1.807) is 4.68 Å². The standard InChI is InChI=1S/C16H21N5O3/c1-5-14(15-10(2)19-20(4)11(15)3)18-16(22)17-12-6-8-13(9-7-12)21(23)24/h6-9,14H,5H2,1-4H3,(H2,17,18,22). The maximum atomic E-state index is 12.2. The molecule has 0 aliphatic rings. The second kappa shape index (κ2) is 7.12. The molecule has 1 heterocycles. The molecule has 1 atom stereocenters. The highest BCUT2D eigenvalue weighted by molar-refractivity contribution is 5.89. The van der Waals surface area contributed by atoms with Crippen molar-refractivity contribution in [3.05, 3.63) is 51.3 Å². The van der Waals surface area contributed by atoms with Gasteiger partial charge in [0.2, 0.25) is 0 Å². The van der Waals surface area contributed by atoms with Gasteiger partial charge in [-0.15, -0.1) is 0 Å². The van der Waals surface area contributed by atoms with Crippen LogP contribution in [-0.4, -0.2) is 20.7 Å². The second-order valence-corrected chi connectivity index (χ2v) is 5.57. The number of urea groups is 1. The lowest BCUT2D eigenvalue weighted by Crippen LogP contribution is -2.32. The quantitative estimate of drug-likeness (QED) is 0.648. The fourth-order valence-corrected chi connectivity index (χ4v) is 2.66. The van der Waals surface area contributed by atoms with Crippen molar-refractivity contribution in [3.8, 4) is 0 Å². The van der Waals surface area contributed by atoms with Crippen LogP contribution in [0.1, 0.15) is 36.3 Å². The first-order valence-electron chi connectivity index (χ1n) is 7.65. The molecule has 2 amide bonds. The summed E-state index contributed by atoms with van der Waals surface area (Å²) >= 11 is 0. The average Bonchev–Trinajstić information content (AvgIpc) is 2.78. The van der Waals surface area contributed by atoms with Gasteiger partial charge in [0.05, 0.1) is 16.7 Å². The number of nitro groups is 1. The summed E-state index contributed by atoms with van der Waals surface area (Å²) in [6.45, 7) is 5.87. The number of benzene rings is 1. The fourth-order valence-electron chi connectivity index (χ4n) is 2.66. The first kappa shape index (κ1) is 17.5. The Kier molecular flexibility index (Phi) is 5.18. The number of aryl methyl sites for hydroxylation is 2. The van der Waals surface area contributed by atoms with E-state index in [1.165, 1.54) is 24.3 Å². The van der Waals surface area contributed by atoms with Crippen molar-refractivity contribution in [1.82, 2.24) is 15.1 Å². The smallest absolute Gasteiger partial charge is 0.319 e. The third-order valence-corrected chi connectivity index (χ3v) is 3.96. The summed E-state index contributed by atoms with van der Waals surface area (Å²) in [5.41, 5.74) is 3.38. The fraction of sp³-hybridized carbons (Fsp3) is 0.375. The minimum Gasteiger partial charge on any atom is -0.331 e. The molecule has 1 aromatic heterocycles. The highest BCUT2D eigenvalue weighted by atomic mass is 16.6. The summed E-state index contributed by atoms with van der Waals surface area (Å²) < 4.78 is 1.79. The molecule has 0 radical (unpaired) electrons. The Hall–Kier alpha value is -2.90. The van der Waals surface area contributed by atoms with Crippen molar-refractivity contribution in [1.29, 1.82) is 0 Å². The van der Waals surface area contributed by atoms with E-state index in [9.17, 15) is 14.9 Å². The lowest BCUT2D eigenvalue weighted by Gasteiger charge is -2.18. The van der Waals surface area contributed by atoms with Gasteiger partial charge in [0.25, 0.3) is 5.69 Å². The predicted molar refractivity (Wildman–Crippen MR) is 91.0 cm³/mol. The van der Waals surface area contributed by atoms with E-state index in [2.05, 4.69) is 15.7 Å². The lowest BCUT2D eigenvalue weighted by atomic mass is 10.0. The number of carbonyl (C=O) groups excluding carboxylic acids is 1. The van der Waals surface area contributed by atoms with E-state index in [4.69, 9.17) is 0 Å². The topological polar surface area (TPSA) is 102 Å². The van der Waals surface area contributed by atoms with Crippen molar-refractivity contribution in [2.75, 3.05) is 5.32 Å². The van der Waals surface area contributed by atoms with Gasteiger partial charge in [-0.3, -0.25) is 14.8 Å². The molecule has 1 unspecified atom stereocenters. The van der Waals surface area contributed by atoms with Crippen LogP contribution < -0.4 is 10.6 Å². The Labute approximate surface area is 140 Å².